The number of hydrogen-bond donors (Lipinski definition) is 1. The van der Waals surface area contributed by atoms with Crippen LogP contribution < -0.4 is 10.1 Å². The zero-order valence-electron chi connectivity index (χ0n) is 12.6. The number of rotatable bonds is 8. The molecule has 1 heterocycles. The Bertz CT molecular complexity index is 568. The fourth-order valence-electron chi connectivity index (χ4n) is 2.07. The molecule has 1 aromatic carbocycles. The third-order valence-electron chi connectivity index (χ3n) is 3.09. The third-order valence-corrected chi connectivity index (χ3v) is 3.09. The van der Waals surface area contributed by atoms with E-state index in [0.717, 1.165) is 25.9 Å². The van der Waals surface area contributed by atoms with Crippen LogP contribution in [0.15, 0.2) is 30.6 Å². The Labute approximate surface area is 124 Å². The van der Waals surface area contributed by atoms with Crippen molar-refractivity contribution in [3.63, 3.8) is 0 Å². The summed E-state index contributed by atoms with van der Waals surface area (Å²) in [5.74, 6) is 0.914. The molecule has 0 spiro atoms. The highest BCUT2D eigenvalue weighted by Gasteiger charge is 2.11. The van der Waals surface area contributed by atoms with E-state index >= 15 is 0 Å². The van der Waals surface area contributed by atoms with E-state index in [9.17, 15) is 4.39 Å². The highest BCUT2D eigenvalue weighted by atomic mass is 19.1. The van der Waals surface area contributed by atoms with Crippen molar-refractivity contribution in [3.8, 4) is 11.5 Å². The second-order valence-electron chi connectivity index (χ2n) is 4.93. The second kappa shape index (κ2) is 7.78. The predicted octanol–water partition coefficient (Wildman–Crippen LogP) is 3.72. The van der Waals surface area contributed by atoms with Crippen LogP contribution >= 0.6 is 0 Å². The highest BCUT2D eigenvalue weighted by molar-refractivity contribution is 5.37. The molecule has 4 nitrogen and oxygen atoms in total. The van der Waals surface area contributed by atoms with Crippen LogP contribution in [0.4, 0.5) is 4.39 Å². The summed E-state index contributed by atoms with van der Waals surface area (Å²) in [6.45, 7) is 6.32. The summed E-state index contributed by atoms with van der Waals surface area (Å²) >= 11 is 0. The average Bonchev–Trinajstić information content (AvgIpc) is 2.90. The summed E-state index contributed by atoms with van der Waals surface area (Å²) in [5, 5.41) is 7.41. The van der Waals surface area contributed by atoms with E-state index in [1.807, 2.05) is 10.9 Å². The molecule has 0 amide bonds. The lowest BCUT2D eigenvalue weighted by molar-refractivity contribution is 0.460. The van der Waals surface area contributed by atoms with Crippen molar-refractivity contribution in [2.24, 2.45) is 0 Å². The van der Waals surface area contributed by atoms with E-state index in [-0.39, 0.29) is 5.82 Å². The van der Waals surface area contributed by atoms with Crippen molar-refractivity contribution in [1.82, 2.24) is 15.1 Å². The molecule has 2 rings (SSSR count). The van der Waals surface area contributed by atoms with Crippen LogP contribution in [0.5, 0.6) is 11.5 Å². The van der Waals surface area contributed by atoms with Crippen molar-refractivity contribution in [3.05, 3.63) is 42.0 Å². The maximum absolute atomic E-state index is 14.0. The molecule has 0 aliphatic carbocycles. The molecule has 0 unspecified atom stereocenters. The summed E-state index contributed by atoms with van der Waals surface area (Å²) in [4.78, 5) is 0. The molecular weight excluding hydrogens is 269 g/mol. The molecule has 0 aliphatic rings. The fourth-order valence-corrected chi connectivity index (χ4v) is 2.07. The van der Waals surface area contributed by atoms with Gasteiger partial charge in [0.05, 0.1) is 12.4 Å². The van der Waals surface area contributed by atoms with Gasteiger partial charge in [-0.1, -0.05) is 19.9 Å². The van der Waals surface area contributed by atoms with Gasteiger partial charge in [-0.2, -0.15) is 5.10 Å². The van der Waals surface area contributed by atoms with E-state index in [1.165, 1.54) is 6.07 Å². The van der Waals surface area contributed by atoms with Gasteiger partial charge in [0, 0.05) is 18.7 Å². The van der Waals surface area contributed by atoms with Crippen LogP contribution in [0.1, 0.15) is 32.3 Å². The van der Waals surface area contributed by atoms with E-state index in [1.54, 1.807) is 18.3 Å². The van der Waals surface area contributed by atoms with E-state index < -0.39 is 0 Å². The molecule has 114 valence electrons. The second-order valence-corrected chi connectivity index (χ2v) is 4.93. The first-order valence-corrected chi connectivity index (χ1v) is 7.43. The number of ether oxygens (including phenoxy) is 1. The van der Waals surface area contributed by atoms with Gasteiger partial charge in [0.1, 0.15) is 11.6 Å². The molecule has 0 saturated heterocycles. The lowest BCUT2D eigenvalue weighted by Crippen LogP contribution is -2.15. The fraction of sp³-hybridized carbons (Fsp3) is 0.438. The van der Waals surface area contributed by atoms with Gasteiger partial charge in [0.2, 0.25) is 0 Å². The van der Waals surface area contributed by atoms with E-state index in [2.05, 4.69) is 24.3 Å². The molecule has 1 N–H and O–H groups in total. The number of nitrogens with zero attached hydrogens (tertiary/aromatic N) is 2. The van der Waals surface area contributed by atoms with Gasteiger partial charge in [0.15, 0.2) is 5.75 Å². The van der Waals surface area contributed by atoms with Crippen LogP contribution in [0.25, 0.3) is 0 Å². The minimum absolute atomic E-state index is 0.253. The Morgan fingerprint density at radius 3 is 2.90 bits per heavy atom. The molecular formula is C16H22FN3O. The molecule has 0 fully saturated rings. The molecule has 0 radical (unpaired) electrons. The van der Waals surface area contributed by atoms with E-state index in [0.29, 0.717) is 23.6 Å². The number of aromatic nitrogens is 2. The van der Waals surface area contributed by atoms with Gasteiger partial charge in [-0.3, -0.25) is 4.68 Å². The van der Waals surface area contributed by atoms with Crippen LogP contribution in [0, 0.1) is 5.82 Å². The standard InChI is InChI=1S/C16H22FN3O/c1-3-8-18-11-14-15(17)6-5-7-16(14)21-13-10-19-20(12-13)9-4-2/h5-7,10,12,18H,3-4,8-9,11H2,1-2H3. The normalized spacial score (nSPS) is 10.8. The molecule has 1 aromatic heterocycles. The lowest BCUT2D eigenvalue weighted by atomic mass is 10.2. The molecule has 0 saturated carbocycles. The summed E-state index contributed by atoms with van der Waals surface area (Å²) in [7, 11) is 0. The maximum Gasteiger partial charge on any atom is 0.165 e. The Morgan fingerprint density at radius 1 is 1.29 bits per heavy atom. The SMILES string of the molecule is CCCNCc1c(F)cccc1Oc1cnn(CCC)c1. The first-order valence-electron chi connectivity index (χ1n) is 7.43. The van der Waals surface area contributed by atoms with Crippen molar-refractivity contribution in [2.45, 2.75) is 39.8 Å². The van der Waals surface area contributed by atoms with Gasteiger partial charge >= 0.3 is 0 Å². The third kappa shape index (κ3) is 4.29. The number of aryl methyl sites for hydroxylation is 1. The van der Waals surface area contributed by atoms with Crippen LogP contribution in [-0.4, -0.2) is 16.3 Å². The van der Waals surface area contributed by atoms with Crippen LogP contribution in [0.2, 0.25) is 0 Å². The minimum Gasteiger partial charge on any atom is -0.454 e. The van der Waals surface area contributed by atoms with Crippen molar-refractivity contribution >= 4 is 0 Å². The Morgan fingerprint density at radius 2 is 2.14 bits per heavy atom. The Balaban J connectivity index is 2.12. The Kier molecular flexibility index (Phi) is 5.75. The van der Waals surface area contributed by atoms with Crippen molar-refractivity contribution in [2.75, 3.05) is 6.54 Å². The smallest absolute Gasteiger partial charge is 0.165 e. The molecule has 5 heteroatoms. The number of benzene rings is 1. The van der Waals surface area contributed by atoms with Crippen molar-refractivity contribution < 1.29 is 9.13 Å². The summed E-state index contributed by atoms with van der Waals surface area (Å²) in [6.07, 6.45) is 5.50. The molecule has 0 atom stereocenters. The monoisotopic (exact) mass is 291 g/mol. The zero-order valence-corrected chi connectivity index (χ0v) is 12.6. The quantitative estimate of drug-likeness (QED) is 0.753. The first-order chi connectivity index (χ1) is 10.2. The summed E-state index contributed by atoms with van der Waals surface area (Å²) in [6, 6.07) is 4.89. The molecule has 21 heavy (non-hydrogen) atoms. The van der Waals surface area contributed by atoms with Gasteiger partial charge in [-0.05, 0) is 31.5 Å². The largest absolute Gasteiger partial charge is 0.454 e. The lowest BCUT2D eigenvalue weighted by Gasteiger charge is -2.11. The number of nitrogens with one attached hydrogen (secondary N) is 1. The van der Waals surface area contributed by atoms with Gasteiger partial charge in [-0.15, -0.1) is 0 Å². The van der Waals surface area contributed by atoms with Gasteiger partial charge in [0.25, 0.3) is 0 Å². The van der Waals surface area contributed by atoms with Crippen LogP contribution in [-0.2, 0) is 13.1 Å². The van der Waals surface area contributed by atoms with Gasteiger partial charge in [-0.25, -0.2) is 4.39 Å². The van der Waals surface area contributed by atoms with E-state index in [4.69, 9.17) is 4.74 Å². The number of halogens is 1. The number of hydrogen-bond acceptors (Lipinski definition) is 3. The predicted molar refractivity (Wildman–Crippen MR) is 81.0 cm³/mol. The summed E-state index contributed by atoms with van der Waals surface area (Å²) in [5.41, 5.74) is 0.550. The molecule has 0 bridgehead atoms. The van der Waals surface area contributed by atoms with Crippen molar-refractivity contribution in [1.29, 1.82) is 0 Å². The Hall–Kier alpha value is -1.88. The molecule has 0 aliphatic heterocycles. The average molecular weight is 291 g/mol. The minimum atomic E-state index is -0.253. The highest BCUT2D eigenvalue weighted by Crippen LogP contribution is 2.27. The van der Waals surface area contributed by atoms with Crippen LogP contribution in [0.3, 0.4) is 0 Å². The first kappa shape index (κ1) is 15.5. The summed E-state index contributed by atoms with van der Waals surface area (Å²) < 4.78 is 21.6. The zero-order chi connectivity index (χ0) is 15.1. The van der Waals surface area contributed by atoms with Gasteiger partial charge < -0.3 is 10.1 Å². The topological polar surface area (TPSA) is 39.1 Å². The molecule has 2 aromatic rings. The maximum atomic E-state index is 14.0.